The second-order valence-corrected chi connectivity index (χ2v) is 5.43. The predicted octanol–water partition coefficient (Wildman–Crippen LogP) is 3.22. The van der Waals surface area contributed by atoms with Gasteiger partial charge in [0.2, 0.25) is 5.91 Å². The van der Waals surface area contributed by atoms with Gasteiger partial charge in [0, 0.05) is 6.54 Å². The number of nitrogens with one attached hydrogen (secondary N) is 1. The van der Waals surface area contributed by atoms with Crippen LogP contribution in [0.25, 0.3) is 0 Å². The molecular weight excluding hydrogens is 276 g/mol. The summed E-state index contributed by atoms with van der Waals surface area (Å²) < 4.78 is 5.72. The van der Waals surface area contributed by atoms with E-state index in [1.54, 1.807) is 0 Å². The Balaban J connectivity index is 1.55. The van der Waals surface area contributed by atoms with E-state index in [2.05, 4.69) is 12.2 Å². The minimum Gasteiger partial charge on any atom is -0.494 e. The van der Waals surface area contributed by atoms with Gasteiger partial charge in [0.05, 0.1) is 24.5 Å². The molecule has 0 unspecified atom stereocenters. The summed E-state index contributed by atoms with van der Waals surface area (Å²) in [6, 6.07) is 15.9. The van der Waals surface area contributed by atoms with Gasteiger partial charge in [0.25, 0.3) is 0 Å². The van der Waals surface area contributed by atoms with Gasteiger partial charge >= 0.3 is 0 Å². The van der Waals surface area contributed by atoms with Crippen LogP contribution in [0.2, 0.25) is 0 Å². The molecule has 1 aliphatic rings. The van der Waals surface area contributed by atoms with Crippen molar-refractivity contribution in [3.63, 3.8) is 0 Å². The number of anilines is 2. The van der Waals surface area contributed by atoms with E-state index < -0.39 is 0 Å². The Morgan fingerprint density at radius 2 is 1.91 bits per heavy atom. The largest absolute Gasteiger partial charge is 0.494 e. The highest BCUT2D eigenvalue weighted by molar-refractivity contribution is 6.02. The molecular formula is C18H20N2O2. The van der Waals surface area contributed by atoms with Crippen molar-refractivity contribution in [1.29, 1.82) is 0 Å². The molecule has 2 aromatic rings. The lowest BCUT2D eigenvalue weighted by molar-refractivity contribution is -0.117. The van der Waals surface area contributed by atoms with Crippen molar-refractivity contribution < 1.29 is 9.53 Å². The van der Waals surface area contributed by atoms with Gasteiger partial charge in [-0.1, -0.05) is 29.8 Å². The molecule has 0 bridgehead atoms. The summed E-state index contributed by atoms with van der Waals surface area (Å²) in [4.78, 5) is 13.9. The third kappa shape index (κ3) is 3.22. The van der Waals surface area contributed by atoms with Gasteiger partial charge in [-0.05, 0) is 37.6 Å². The van der Waals surface area contributed by atoms with Crippen molar-refractivity contribution in [2.24, 2.45) is 0 Å². The molecule has 1 amide bonds. The first kappa shape index (κ1) is 14.4. The van der Waals surface area contributed by atoms with Crippen molar-refractivity contribution in [2.45, 2.75) is 13.3 Å². The van der Waals surface area contributed by atoms with Crippen LogP contribution in [0.5, 0.6) is 5.75 Å². The Hall–Kier alpha value is -2.49. The molecule has 0 aliphatic carbocycles. The summed E-state index contributed by atoms with van der Waals surface area (Å²) in [5.41, 5.74) is 3.19. The first-order chi connectivity index (χ1) is 10.7. The van der Waals surface area contributed by atoms with Gasteiger partial charge in [-0.15, -0.1) is 0 Å². The highest BCUT2D eigenvalue weighted by atomic mass is 16.5. The van der Waals surface area contributed by atoms with Crippen LogP contribution in [0.15, 0.2) is 48.5 Å². The SMILES string of the molecule is Cc1ccc(OCCCN2C(=O)CNc3ccccc32)cc1. The van der Waals surface area contributed by atoms with Crippen LogP contribution in [0.1, 0.15) is 12.0 Å². The monoisotopic (exact) mass is 296 g/mol. The Labute approximate surface area is 130 Å². The summed E-state index contributed by atoms with van der Waals surface area (Å²) >= 11 is 0. The number of rotatable bonds is 5. The zero-order valence-electron chi connectivity index (χ0n) is 12.7. The zero-order valence-corrected chi connectivity index (χ0v) is 12.7. The number of benzene rings is 2. The Morgan fingerprint density at radius 3 is 2.73 bits per heavy atom. The maximum atomic E-state index is 12.1. The maximum absolute atomic E-state index is 12.1. The fourth-order valence-corrected chi connectivity index (χ4v) is 2.55. The number of fused-ring (bicyclic) bond motifs is 1. The topological polar surface area (TPSA) is 41.6 Å². The molecule has 1 heterocycles. The normalized spacial score (nSPS) is 13.5. The van der Waals surface area contributed by atoms with Gasteiger partial charge in [-0.2, -0.15) is 0 Å². The van der Waals surface area contributed by atoms with Gasteiger partial charge < -0.3 is 15.0 Å². The molecule has 0 spiro atoms. The standard InChI is InChI=1S/C18H20N2O2/c1-14-7-9-15(10-8-14)22-12-4-11-20-17-6-3-2-5-16(17)19-13-18(20)21/h2-3,5-10,19H,4,11-13H2,1H3. The van der Waals surface area contributed by atoms with Crippen LogP contribution >= 0.6 is 0 Å². The number of amides is 1. The quantitative estimate of drug-likeness (QED) is 0.861. The van der Waals surface area contributed by atoms with Crippen molar-refractivity contribution in [2.75, 3.05) is 29.9 Å². The fourth-order valence-electron chi connectivity index (χ4n) is 2.55. The van der Waals surface area contributed by atoms with E-state index in [0.29, 0.717) is 19.7 Å². The average Bonchev–Trinajstić information content (AvgIpc) is 2.55. The van der Waals surface area contributed by atoms with Gasteiger partial charge in [-0.25, -0.2) is 0 Å². The number of nitrogens with zero attached hydrogens (tertiary/aromatic N) is 1. The van der Waals surface area contributed by atoms with Gasteiger partial charge in [0.15, 0.2) is 0 Å². The third-order valence-electron chi connectivity index (χ3n) is 3.74. The minimum absolute atomic E-state index is 0.106. The molecule has 1 N–H and O–H groups in total. The van der Waals surface area contributed by atoms with E-state index in [1.165, 1.54) is 5.56 Å². The second kappa shape index (κ2) is 6.52. The van der Waals surface area contributed by atoms with Crippen LogP contribution in [0.4, 0.5) is 11.4 Å². The van der Waals surface area contributed by atoms with E-state index in [-0.39, 0.29) is 5.91 Å². The number of para-hydroxylation sites is 2. The van der Waals surface area contributed by atoms with Crippen LogP contribution in [0, 0.1) is 6.92 Å². The molecule has 114 valence electrons. The molecule has 22 heavy (non-hydrogen) atoms. The van der Waals surface area contributed by atoms with Crippen LogP contribution in [0.3, 0.4) is 0 Å². The number of aryl methyl sites for hydroxylation is 1. The summed E-state index contributed by atoms with van der Waals surface area (Å²) in [6.45, 7) is 3.68. The molecule has 3 rings (SSSR count). The van der Waals surface area contributed by atoms with E-state index in [0.717, 1.165) is 23.5 Å². The molecule has 0 aromatic heterocycles. The lowest BCUT2D eigenvalue weighted by Crippen LogP contribution is -2.40. The molecule has 2 aromatic carbocycles. The molecule has 1 aliphatic heterocycles. The van der Waals surface area contributed by atoms with Crippen molar-refractivity contribution in [3.05, 3.63) is 54.1 Å². The van der Waals surface area contributed by atoms with Gasteiger partial charge in [-0.3, -0.25) is 4.79 Å². The Bertz CT molecular complexity index is 652. The smallest absolute Gasteiger partial charge is 0.246 e. The van der Waals surface area contributed by atoms with Crippen molar-refractivity contribution in [3.8, 4) is 5.75 Å². The lowest BCUT2D eigenvalue weighted by atomic mass is 10.2. The third-order valence-corrected chi connectivity index (χ3v) is 3.74. The van der Waals surface area contributed by atoms with E-state index in [1.807, 2.05) is 53.4 Å². The number of carbonyl (C=O) groups excluding carboxylic acids is 1. The molecule has 4 nitrogen and oxygen atoms in total. The summed E-state index contributed by atoms with van der Waals surface area (Å²) in [6.07, 6.45) is 0.800. The van der Waals surface area contributed by atoms with Gasteiger partial charge in [0.1, 0.15) is 5.75 Å². The highest BCUT2D eigenvalue weighted by Gasteiger charge is 2.22. The molecule has 0 atom stereocenters. The Morgan fingerprint density at radius 1 is 1.14 bits per heavy atom. The lowest BCUT2D eigenvalue weighted by Gasteiger charge is -2.30. The molecule has 0 fully saturated rings. The average molecular weight is 296 g/mol. The molecule has 0 saturated heterocycles. The summed E-state index contributed by atoms with van der Waals surface area (Å²) in [5.74, 6) is 0.978. The predicted molar refractivity (Wildman–Crippen MR) is 88.6 cm³/mol. The number of carbonyl (C=O) groups is 1. The zero-order chi connectivity index (χ0) is 15.4. The first-order valence-corrected chi connectivity index (χ1v) is 7.57. The minimum atomic E-state index is 0.106. The number of hydrogen-bond acceptors (Lipinski definition) is 3. The summed E-state index contributed by atoms with van der Waals surface area (Å²) in [7, 11) is 0. The summed E-state index contributed by atoms with van der Waals surface area (Å²) in [5, 5.41) is 3.14. The van der Waals surface area contributed by atoms with E-state index >= 15 is 0 Å². The second-order valence-electron chi connectivity index (χ2n) is 5.43. The van der Waals surface area contributed by atoms with Crippen LogP contribution in [-0.2, 0) is 4.79 Å². The first-order valence-electron chi connectivity index (χ1n) is 7.57. The number of ether oxygens (including phenoxy) is 1. The van der Waals surface area contributed by atoms with E-state index in [4.69, 9.17) is 4.74 Å². The fraction of sp³-hybridized carbons (Fsp3) is 0.278. The number of hydrogen-bond donors (Lipinski definition) is 1. The van der Waals surface area contributed by atoms with Crippen LogP contribution in [-0.4, -0.2) is 25.6 Å². The molecule has 0 saturated carbocycles. The Kier molecular flexibility index (Phi) is 4.28. The van der Waals surface area contributed by atoms with Crippen LogP contribution < -0.4 is 15.0 Å². The maximum Gasteiger partial charge on any atom is 0.246 e. The molecule has 0 radical (unpaired) electrons. The van der Waals surface area contributed by atoms with Crippen molar-refractivity contribution >= 4 is 17.3 Å². The highest BCUT2D eigenvalue weighted by Crippen LogP contribution is 2.28. The van der Waals surface area contributed by atoms with Crippen molar-refractivity contribution in [1.82, 2.24) is 0 Å². The van der Waals surface area contributed by atoms with E-state index in [9.17, 15) is 4.79 Å². The molecule has 4 heteroatoms.